The first-order valence-corrected chi connectivity index (χ1v) is 8.04. The van der Waals surface area contributed by atoms with E-state index in [0.29, 0.717) is 0 Å². The van der Waals surface area contributed by atoms with Crippen LogP contribution in [0.2, 0.25) is 0 Å². The zero-order valence-corrected chi connectivity index (χ0v) is 14.9. The molecule has 0 aliphatic heterocycles. The molecule has 2 amide bonds. The number of hydrogen-bond donors (Lipinski definition) is 3. The zero-order valence-electron chi connectivity index (χ0n) is 14.9. The average molecular weight is 330 g/mol. The highest BCUT2D eigenvalue weighted by Crippen LogP contribution is 2.21. The van der Waals surface area contributed by atoms with Crippen LogP contribution < -0.4 is 10.6 Å². The van der Waals surface area contributed by atoms with E-state index in [2.05, 4.69) is 15.7 Å². The Kier molecular flexibility index (Phi) is 5.29. The van der Waals surface area contributed by atoms with Crippen molar-refractivity contribution in [1.82, 2.24) is 20.4 Å². The fourth-order valence-electron chi connectivity index (χ4n) is 2.89. The van der Waals surface area contributed by atoms with E-state index in [4.69, 9.17) is 0 Å². The maximum absolute atomic E-state index is 12.2. The molecule has 0 spiro atoms. The highest BCUT2D eigenvalue weighted by molar-refractivity contribution is 5.74. The van der Waals surface area contributed by atoms with Gasteiger partial charge in [0.25, 0.3) is 0 Å². The molecule has 0 aliphatic rings. The Morgan fingerprint density at radius 1 is 1.33 bits per heavy atom. The van der Waals surface area contributed by atoms with E-state index in [9.17, 15) is 9.90 Å². The lowest BCUT2D eigenvalue weighted by Crippen LogP contribution is -2.44. The van der Waals surface area contributed by atoms with Gasteiger partial charge in [0.2, 0.25) is 0 Å². The third kappa shape index (κ3) is 3.94. The van der Waals surface area contributed by atoms with Crippen LogP contribution >= 0.6 is 0 Å². The van der Waals surface area contributed by atoms with Crippen molar-refractivity contribution in [2.45, 2.75) is 39.3 Å². The molecule has 6 heteroatoms. The van der Waals surface area contributed by atoms with Crippen molar-refractivity contribution in [3.05, 3.63) is 52.8 Å². The molecule has 3 N–H and O–H groups in total. The molecule has 24 heavy (non-hydrogen) atoms. The maximum atomic E-state index is 12.2. The van der Waals surface area contributed by atoms with Gasteiger partial charge in [0, 0.05) is 18.3 Å². The highest BCUT2D eigenvalue weighted by atomic mass is 16.3. The predicted molar refractivity (Wildman–Crippen MR) is 93.6 cm³/mol. The van der Waals surface area contributed by atoms with Gasteiger partial charge in [-0.25, -0.2) is 4.79 Å². The minimum Gasteiger partial charge on any atom is -0.384 e. The number of aromatic nitrogens is 2. The molecule has 0 fully saturated rings. The Morgan fingerprint density at radius 3 is 2.50 bits per heavy atom. The van der Waals surface area contributed by atoms with E-state index in [1.807, 2.05) is 58.2 Å². The predicted octanol–water partition coefficient (Wildman–Crippen LogP) is 2.30. The average Bonchev–Trinajstić information content (AvgIpc) is 2.79. The van der Waals surface area contributed by atoms with Gasteiger partial charge >= 0.3 is 6.03 Å². The smallest absolute Gasteiger partial charge is 0.315 e. The molecule has 0 unspecified atom stereocenters. The fraction of sp³-hybridized carbons (Fsp3) is 0.444. The SMILES string of the molecule is Cc1nn(C)c(C)c1[C@H](C)NC(=O)NC[C@](C)(O)c1ccccc1. The molecule has 2 aromatic rings. The third-order valence-electron chi connectivity index (χ3n) is 4.33. The van der Waals surface area contributed by atoms with Gasteiger partial charge in [0.05, 0.1) is 18.3 Å². The summed E-state index contributed by atoms with van der Waals surface area (Å²) in [6.45, 7) is 7.64. The first-order valence-electron chi connectivity index (χ1n) is 8.04. The van der Waals surface area contributed by atoms with Crippen molar-refractivity contribution < 1.29 is 9.90 Å². The lowest BCUT2D eigenvalue weighted by Gasteiger charge is -2.25. The number of aliphatic hydroxyl groups is 1. The van der Waals surface area contributed by atoms with Crippen LogP contribution in [-0.4, -0.2) is 27.5 Å². The molecule has 130 valence electrons. The second kappa shape index (κ2) is 7.05. The first kappa shape index (κ1) is 18.0. The molecule has 1 heterocycles. The molecular weight excluding hydrogens is 304 g/mol. The summed E-state index contributed by atoms with van der Waals surface area (Å²) in [5.41, 5.74) is 2.58. The van der Waals surface area contributed by atoms with Gasteiger partial charge in [-0.15, -0.1) is 0 Å². The van der Waals surface area contributed by atoms with Gasteiger partial charge in [0.15, 0.2) is 0 Å². The Balaban J connectivity index is 1.96. The molecule has 0 saturated carbocycles. The van der Waals surface area contributed by atoms with Gasteiger partial charge in [-0.3, -0.25) is 4.68 Å². The topological polar surface area (TPSA) is 79.2 Å². The number of nitrogens with zero attached hydrogens (tertiary/aromatic N) is 2. The van der Waals surface area contributed by atoms with Crippen LogP contribution in [0, 0.1) is 13.8 Å². The summed E-state index contributed by atoms with van der Waals surface area (Å²) in [6.07, 6.45) is 0. The fourth-order valence-corrected chi connectivity index (χ4v) is 2.89. The Morgan fingerprint density at radius 2 is 1.96 bits per heavy atom. The second-order valence-corrected chi connectivity index (χ2v) is 6.40. The normalized spacial score (nSPS) is 14.8. The minimum atomic E-state index is -1.12. The number of rotatable bonds is 5. The quantitative estimate of drug-likeness (QED) is 0.787. The largest absolute Gasteiger partial charge is 0.384 e. The highest BCUT2D eigenvalue weighted by Gasteiger charge is 2.24. The van der Waals surface area contributed by atoms with Crippen molar-refractivity contribution in [1.29, 1.82) is 0 Å². The first-order chi connectivity index (χ1) is 11.2. The monoisotopic (exact) mass is 330 g/mol. The Bertz CT molecular complexity index is 707. The van der Waals surface area contributed by atoms with Gasteiger partial charge in [-0.1, -0.05) is 30.3 Å². The lowest BCUT2D eigenvalue weighted by atomic mass is 9.96. The number of amides is 2. The standard InChI is InChI=1S/C18H26N4O2/c1-12(16-13(2)21-22(5)14(16)3)20-17(23)19-11-18(4,24)15-9-7-6-8-10-15/h6-10,12,24H,11H2,1-5H3,(H2,19,20,23)/t12-,18-/m0/s1. The molecule has 1 aromatic heterocycles. The summed E-state index contributed by atoms with van der Waals surface area (Å²) in [5, 5.41) is 20.5. The molecule has 0 saturated heterocycles. The minimum absolute atomic E-state index is 0.126. The molecule has 1 aromatic carbocycles. The summed E-state index contributed by atoms with van der Waals surface area (Å²) in [6, 6.07) is 8.80. The van der Waals surface area contributed by atoms with Crippen LogP contribution in [0.15, 0.2) is 30.3 Å². The van der Waals surface area contributed by atoms with E-state index < -0.39 is 5.60 Å². The van der Waals surface area contributed by atoms with Crippen LogP contribution in [-0.2, 0) is 12.6 Å². The number of hydrogen-bond acceptors (Lipinski definition) is 3. The number of benzene rings is 1. The van der Waals surface area contributed by atoms with Gasteiger partial charge in [-0.05, 0) is 33.3 Å². The number of carbonyl (C=O) groups is 1. The van der Waals surface area contributed by atoms with Gasteiger partial charge in [0.1, 0.15) is 5.60 Å². The molecular formula is C18H26N4O2. The van der Waals surface area contributed by atoms with Crippen LogP contribution in [0.3, 0.4) is 0 Å². The number of carbonyl (C=O) groups excluding carboxylic acids is 1. The number of urea groups is 1. The summed E-state index contributed by atoms with van der Waals surface area (Å²) in [7, 11) is 1.88. The van der Waals surface area contributed by atoms with Crippen LogP contribution in [0.5, 0.6) is 0 Å². The van der Waals surface area contributed by atoms with Gasteiger partial charge < -0.3 is 15.7 Å². The van der Waals surface area contributed by atoms with Crippen molar-refractivity contribution in [2.24, 2.45) is 7.05 Å². The van der Waals surface area contributed by atoms with Crippen molar-refractivity contribution in [3.8, 4) is 0 Å². The van der Waals surface area contributed by atoms with E-state index in [0.717, 1.165) is 22.5 Å². The molecule has 0 aliphatic carbocycles. The lowest BCUT2D eigenvalue weighted by molar-refractivity contribution is 0.0593. The molecule has 2 atom stereocenters. The van der Waals surface area contributed by atoms with Crippen LogP contribution in [0.1, 0.15) is 42.4 Å². The molecule has 0 bridgehead atoms. The molecule has 2 rings (SSSR count). The van der Waals surface area contributed by atoms with Crippen molar-refractivity contribution in [3.63, 3.8) is 0 Å². The maximum Gasteiger partial charge on any atom is 0.315 e. The van der Waals surface area contributed by atoms with Crippen molar-refractivity contribution in [2.75, 3.05) is 6.54 Å². The number of nitrogens with one attached hydrogen (secondary N) is 2. The Hall–Kier alpha value is -2.34. The molecule has 0 radical (unpaired) electrons. The summed E-state index contributed by atoms with van der Waals surface area (Å²) < 4.78 is 1.81. The van der Waals surface area contributed by atoms with Crippen LogP contribution in [0.4, 0.5) is 4.79 Å². The summed E-state index contributed by atoms with van der Waals surface area (Å²) >= 11 is 0. The zero-order chi connectivity index (χ0) is 17.9. The Labute approximate surface area is 142 Å². The third-order valence-corrected chi connectivity index (χ3v) is 4.33. The molecule has 6 nitrogen and oxygen atoms in total. The van der Waals surface area contributed by atoms with E-state index in [-0.39, 0.29) is 18.6 Å². The van der Waals surface area contributed by atoms with E-state index in [1.165, 1.54) is 0 Å². The summed E-state index contributed by atoms with van der Waals surface area (Å²) in [4.78, 5) is 12.2. The van der Waals surface area contributed by atoms with E-state index in [1.54, 1.807) is 11.6 Å². The number of aryl methyl sites for hydroxylation is 2. The van der Waals surface area contributed by atoms with Crippen molar-refractivity contribution >= 4 is 6.03 Å². The van der Waals surface area contributed by atoms with Gasteiger partial charge in [-0.2, -0.15) is 5.10 Å². The second-order valence-electron chi connectivity index (χ2n) is 6.40. The summed E-state index contributed by atoms with van der Waals surface area (Å²) in [5.74, 6) is 0. The van der Waals surface area contributed by atoms with E-state index >= 15 is 0 Å². The van der Waals surface area contributed by atoms with Crippen LogP contribution in [0.25, 0.3) is 0 Å².